The summed E-state index contributed by atoms with van der Waals surface area (Å²) in [5, 5.41) is 7.22. The van der Waals surface area contributed by atoms with Gasteiger partial charge in [-0.2, -0.15) is 4.98 Å². The van der Waals surface area contributed by atoms with E-state index in [4.69, 9.17) is 9.26 Å². The van der Waals surface area contributed by atoms with Crippen LogP contribution in [0.15, 0.2) is 4.52 Å². The molecular formula is C11H19N3O2. The normalized spacial score (nSPS) is 20.4. The summed E-state index contributed by atoms with van der Waals surface area (Å²) < 4.78 is 10.5. The maximum atomic E-state index is 5.32. The van der Waals surface area contributed by atoms with Crippen LogP contribution in [0.2, 0.25) is 0 Å². The standard InChI is InChI=1S/C11H19N3O2/c1-2-12-5-3-11-13-10(14-16-11)7-9-4-6-15-8-9/h9,12H,2-8H2,1H3. The third-order valence-corrected chi connectivity index (χ3v) is 2.77. The Labute approximate surface area is 95.6 Å². The first-order valence-corrected chi connectivity index (χ1v) is 5.98. The van der Waals surface area contributed by atoms with Crippen molar-refractivity contribution in [3.8, 4) is 0 Å². The maximum Gasteiger partial charge on any atom is 0.227 e. The van der Waals surface area contributed by atoms with Crippen molar-refractivity contribution in [3.63, 3.8) is 0 Å². The van der Waals surface area contributed by atoms with Crippen molar-refractivity contribution in [1.29, 1.82) is 0 Å². The summed E-state index contributed by atoms with van der Waals surface area (Å²) in [4.78, 5) is 4.37. The van der Waals surface area contributed by atoms with Gasteiger partial charge in [0.25, 0.3) is 0 Å². The molecule has 1 N–H and O–H groups in total. The van der Waals surface area contributed by atoms with Crippen LogP contribution in [0.3, 0.4) is 0 Å². The summed E-state index contributed by atoms with van der Waals surface area (Å²) in [5.74, 6) is 2.12. The molecule has 16 heavy (non-hydrogen) atoms. The summed E-state index contributed by atoms with van der Waals surface area (Å²) in [6.07, 6.45) is 2.80. The quantitative estimate of drug-likeness (QED) is 0.726. The van der Waals surface area contributed by atoms with Crippen molar-refractivity contribution >= 4 is 0 Å². The molecule has 90 valence electrons. The largest absolute Gasteiger partial charge is 0.381 e. The van der Waals surface area contributed by atoms with E-state index >= 15 is 0 Å². The van der Waals surface area contributed by atoms with Crippen molar-refractivity contribution in [2.75, 3.05) is 26.3 Å². The maximum absolute atomic E-state index is 5.32. The number of likely N-dealkylation sites (N-methyl/N-ethyl adjacent to an activating group) is 1. The second kappa shape index (κ2) is 5.96. The van der Waals surface area contributed by atoms with Crippen molar-refractivity contribution in [2.24, 2.45) is 5.92 Å². The SMILES string of the molecule is CCNCCc1nc(CC2CCOC2)no1. The number of hydrogen-bond donors (Lipinski definition) is 1. The Balaban J connectivity index is 1.77. The van der Waals surface area contributed by atoms with Gasteiger partial charge in [0, 0.05) is 32.6 Å². The first-order valence-electron chi connectivity index (χ1n) is 5.98. The summed E-state index contributed by atoms with van der Waals surface area (Å²) in [7, 11) is 0. The first kappa shape index (κ1) is 11.5. The molecule has 0 saturated carbocycles. The molecule has 0 aliphatic carbocycles. The molecule has 1 aromatic rings. The van der Waals surface area contributed by atoms with E-state index in [0.717, 1.165) is 57.3 Å². The monoisotopic (exact) mass is 225 g/mol. The molecule has 5 nitrogen and oxygen atoms in total. The highest BCUT2D eigenvalue weighted by molar-refractivity contribution is 4.89. The van der Waals surface area contributed by atoms with Crippen LogP contribution in [0.5, 0.6) is 0 Å². The fourth-order valence-electron chi connectivity index (χ4n) is 1.85. The van der Waals surface area contributed by atoms with Crippen molar-refractivity contribution in [3.05, 3.63) is 11.7 Å². The molecule has 0 spiro atoms. The van der Waals surface area contributed by atoms with E-state index in [0.29, 0.717) is 5.92 Å². The van der Waals surface area contributed by atoms with Gasteiger partial charge >= 0.3 is 0 Å². The summed E-state index contributed by atoms with van der Waals surface area (Å²) in [6.45, 7) is 5.65. The number of ether oxygens (including phenoxy) is 1. The average Bonchev–Trinajstić information content (AvgIpc) is 2.91. The predicted octanol–water partition coefficient (Wildman–Crippen LogP) is 0.801. The first-order chi connectivity index (χ1) is 7.88. The Morgan fingerprint density at radius 3 is 3.19 bits per heavy atom. The Morgan fingerprint density at radius 2 is 2.44 bits per heavy atom. The van der Waals surface area contributed by atoms with Gasteiger partial charge in [0.05, 0.1) is 0 Å². The summed E-state index contributed by atoms with van der Waals surface area (Å²) in [6, 6.07) is 0. The lowest BCUT2D eigenvalue weighted by molar-refractivity contribution is 0.185. The lowest BCUT2D eigenvalue weighted by atomic mass is 10.1. The minimum absolute atomic E-state index is 0.569. The average molecular weight is 225 g/mol. The molecule has 2 heterocycles. The molecule has 1 unspecified atom stereocenters. The van der Waals surface area contributed by atoms with Gasteiger partial charge in [-0.25, -0.2) is 0 Å². The Bertz CT molecular complexity index is 308. The highest BCUT2D eigenvalue weighted by Gasteiger charge is 2.18. The van der Waals surface area contributed by atoms with Gasteiger partial charge in [0.1, 0.15) is 0 Å². The molecule has 2 rings (SSSR count). The van der Waals surface area contributed by atoms with Crippen LogP contribution in [0.25, 0.3) is 0 Å². The molecule has 5 heteroatoms. The van der Waals surface area contributed by atoms with E-state index < -0.39 is 0 Å². The molecule has 1 aromatic heterocycles. The van der Waals surface area contributed by atoms with Gasteiger partial charge in [-0.05, 0) is 18.9 Å². The molecule has 0 amide bonds. The molecule has 0 bridgehead atoms. The molecule has 1 aliphatic rings. The third kappa shape index (κ3) is 3.28. The van der Waals surface area contributed by atoms with Crippen LogP contribution in [0.4, 0.5) is 0 Å². The smallest absolute Gasteiger partial charge is 0.227 e. The van der Waals surface area contributed by atoms with Crippen LogP contribution >= 0.6 is 0 Å². The van der Waals surface area contributed by atoms with E-state index in [-0.39, 0.29) is 0 Å². The Hall–Kier alpha value is -0.940. The van der Waals surface area contributed by atoms with Gasteiger partial charge in [-0.15, -0.1) is 0 Å². The van der Waals surface area contributed by atoms with Gasteiger partial charge in [0.2, 0.25) is 5.89 Å². The highest BCUT2D eigenvalue weighted by Crippen LogP contribution is 2.16. The molecule has 1 fully saturated rings. The van der Waals surface area contributed by atoms with E-state index in [9.17, 15) is 0 Å². The topological polar surface area (TPSA) is 60.2 Å². The predicted molar refractivity (Wildman–Crippen MR) is 59.2 cm³/mol. The molecule has 1 saturated heterocycles. The number of hydrogen-bond acceptors (Lipinski definition) is 5. The Morgan fingerprint density at radius 1 is 1.50 bits per heavy atom. The van der Waals surface area contributed by atoms with Gasteiger partial charge in [0.15, 0.2) is 5.82 Å². The molecule has 1 atom stereocenters. The minimum atomic E-state index is 0.569. The van der Waals surface area contributed by atoms with Gasteiger partial charge in [-0.3, -0.25) is 0 Å². The van der Waals surface area contributed by atoms with Crippen molar-refractivity contribution in [1.82, 2.24) is 15.5 Å². The second-order valence-corrected chi connectivity index (χ2v) is 4.14. The van der Waals surface area contributed by atoms with E-state index in [2.05, 4.69) is 22.4 Å². The fourth-order valence-corrected chi connectivity index (χ4v) is 1.85. The van der Waals surface area contributed by atoms with E-state index in [1.54, 1.807) is 0 Å². The molecular weight excluding hydrogens is 206 g/mol. The van der Waals surface area contributed by atoms with Crippen LogP contribution in [-0.4, -0.2) is 36.4 Å². The minimum Gasteiger partial charge on any atom is -0.381 e. The van der Waals surface area contributed by atoms with Crippen molar-refractivity contribution < 1.29 is 9.26 Å². The van der Waals surface area contributed by atoms with Gasteiger partial charge < -0.3 is 14.6 Å². The highest BCUT2D eigenvalue weighted by atomic mass is 16.5. The second-order valence-electron chi connectivity index (χ2n) is 4.14. The lowest BCUT2D eigenvalue weighted by Crippen LogP contribution is -2.16. The van der Waals surface area contributed by atoms with E-state index in [1.807, 2.05) is 0 Å². The molecule has 0 radical (unpaired) electrons. The molecule has 1 aliphatic heterocycles. The van der Waals surface area contributed by atoms with Crippen molar-refractivity contribution in [2.45, 2.75) is 26.2 Å². The van der Waals surface area contributed by atoms with Crippen LogP contribution < -0.4 is 5.32 Å². The summed E-state index contributed by atoms with van der Waals surface area (Å²) >= 11 is 0. The van der Waals surface area contributed by atoms with Crippen LogP contribution in [0.1, 0.15) is 25.1 Å². The third-order valence-electron chi connectivity index (χ3n) is 2.77. The van der Waals surface area contributed by atoms with Crippen LogP contribution in [0, 0.1) is 5.92 Å². The summed E-state index contributed by atoms with van der Waals surface area (Å²) in [5.41, 5.74) is 0. The lowest BCUT2D eigenvalue weighted by Gasteiger charge is -2.01. The zero-order chi connectivity index (χ0) is 11.2. The zero-order valence-corrected chi connectivity index (χ0v) is 9.74. The number of aromatic nitrogens is 2. The number of rotatable bonds is 6. The van der Waals surface area contributed by atoms with Crippen LogP contribution in [-0.2, 0) is 17.6 Å². The zero-order valence-electron chi connectivity index (χ0n) is 9.74. The Kier molecular flexibility index (Phi) is 4.30. The molecule has 0 aromatic carbocycles. The van der Waals surface area contributed by atoms with E-state index in [1.165, 1.54) is 0 Å². The van der Waals surface area contributed by atoms with Gasteiger partial charge in [-0.1, -0.05) is 12.1 Å². The number of nitrogens with zero attached hydrogens (tertiary/aromatic N) is 2. The fraction of sp³-hybridized carbons (Fsp3) is 0.818. The number of nitrogens with one attached hydrogen (secondary N) is 1.